The van der Waals surface area contributed by atoms with Crippen LogP contribution in [-0.2, 0) is 9.22 Å². The molecule has 0 unspecified atom stereocenters. The molecule has 0 saturated heterocycles. The van der Waals surface area contributed by atoms with E-state index < -0.39 is 0 Å². The van der Waals surface area contributed by atoms with Crippen LogP contribution in [0.4, 0.5) is 5.69 Å². The Morgan fingerprint density at radius 1 is 1.53 bits per heavy atom. The van der Waals surface area contributed by atoms with E-state index in [2.05, 4.69) is 27.9 Å². The first kappa shape index (κ1) is 12.3. The molecule has 82 valence electrons. The van der Waals surface area contributed by atoms with Crippen LogP contribution in [-0.4, -0.2) is 13.0 Å². The SMILES string of the molecule is COc1ccc(CI)c(NC(C)=O)c1C. The zero-order valence-electron chi connectivity index (χ0n) is 9.06. The van der Waals surface area contributed by atoms with Crippen molar-refractivity contribution in [1.29, 1.82) is 0 Å². The van der Waals surface area contributed by atoms with Crippen molar-refractivity contribution in [3.05, 3.63) is 23.3 Å². The van der Waals surface area contributed by atoms with Gasteiger partial charge in [0.25, 0.3) is 0 Å². The Morgan fingerprint density at radius 2 is 2.20 bits per heavy atom. The molecule has 1 N–H and O–H groups in total. The number of rotatable bonds is 3. The summed E-state index contributed by atoms with van der Waals surface area (Å²) >= 11 is 2.27. The van der Waals surface area contributed by atoms with E-state index in [0.717, 1.165) is 27.0 Å². The zero-order valence-corrected chi connectivity index (χ0v) is 11.2. The molecule has 0 spiro atoms. The summed E-state index contributed by atoms with van der Waals surface area (Å²) in [4.78, 5) is 11.1. The predicted octanol–water partition coefficient (Wildman–Crippen LogP) is 2.90. The Hall–Kier alpha value is -0.780. The van der Waals surface area contributed by atoms with Crippen molar-refractivity contribution in [1.82, 2.24) is 0 Å². The number of carbonyl (C=O) groups is 1. The van der Waals surface area contributed by atoms with Gasteiger partial charge in [-0.1, -0.05) is 28.7 Å². The number of hydrogen-bond acceptors (Lipinski definition) is 2. The van der Waals surface area contributed by atoms with E-state index in [9.17, 15) is 4.79 Å². The number of benzene rings is 1. The van der Waals surface area contributed by atoms with Gasteiger partial charge in [0, 0.05) is 16.9 Å². The van der Waals surface area contributed by atoms with Gasteiger partial charge in [-0.15, -0.1) is 0 Å². The van der Waals surface area contributed by atoms with Gasteiger partial charge in [-0.05, 0) is 18.6 Å². The van der Waals surface area contributed by atoms with Crippen molar-refractivity contribution in [3.8, 4) is 5.75 Å². The van der Waals surface area contributed by atoms with Crippen LogP contribution < -0.4 is 10.1 Å². The maximum Gasteiger partial charge on any atom is 0.221 e. The largest absolute Gasteiger partial charge is 0.496 e. The van der Waals surface area contributed by atoms with Crippen LogP contribution in [0.5, 0.6) is 5.75 Å². The number of halogens is 1. The molecule has 0 atom stereocenters. The van der Waals surface area contributed by atoms with Crippen LogP contribution in [0.3, 0.4) is 0 Å². The minimum atomic E-state index is -0.0579. The van der Waals surface area contributed by atoms with E-state index in [4.69, 9.17) is 4.74 Å². The predicted molar refractivity (Wildman–Crippen MR) is 69.8 cm³/mol. The third-order valence-electron chi connectivity index (χ3n) is 2.17. The molecule has 0 aliphatic carbocycles. The Balaban J connectivity index is 3.22. The lowest BCUT2D eigenvalue weighted by atomic mass is 10.1. The molecular weight excluding hydrogens is 305 g/mol. The molecule has 0 bridgehead atoms. The first-order valence-electron chi connectivity index (χ1n) is 4.60. The minimum absolute atomic E-state index is 0.0579. The number of alkyl halides is 1. The minimum Gasteiger partial charge on any atom is -0.496 e. The maximum atomic E-state index is 11.1. The van der Waals surface area contributed by atoms with Gasteiger partial charge >= 0.3 is 0 Å². The number of anilines is 1. The number of carbonyl (C=O) groups excluding carboxylic acids is 1. The lowest BCUT2D eigenvalue weighted by Crippen LogP contribution is -2.09. The van der Waals surface area contributed by atoms with Crippen LogP contribution in [0.25, 0.3) is 0 Å². The number of ether oxygens (including phenoxy) is 1. The second-order valence-electron chi connectivity index (χ2n) is 3.24. The van der Waals surface area contributed by atoms with Crippen LogP contribution in [0.1, 0.15) is 18.1 Å². The second kappa shape index (κ2) is 5.34. The third kappa shape index (κ3) is 2.84. The first-order valence-corrected chi connectivity index (χ1v) is 6.12. The highest BCUT2D eigenvalue weighted by Crippen LogP contribution is 2.30. The molecule has 0 heterocycles. The molecule has 0 aliphatic heterocycles. The van der Waals surface area contributed by atoms with Crippen molar-refractivity contribution in [2.75, 3.05) is 12.4 Å². The highest BCUT2D eigenvalue weighted by molar-refractivity contribution is 14.1. The van der Waals surface area contributed by atoms with Crippen molar-refractivity contribution < 1.29 is 9.53 Å². The summed E-state index contributed by atoms with van der Waals surface area (Å²) in [7, 11) is 1.63. The monoisotopic (exact) mass is 319 g/mol. The summed E-state index contributed by atoms with van der Waals surface area (Å²) in [6, 6.07) is 3.90. The van der Waals surface area contributed by atoms with Crippen molar-refractivity contribution in [2.24, 2.45) is 0 Å². The van der Waals surface area contributed by atoms with Gasteiger partial charge in [-0.25, -0.2) is 0 Å². The van der Waals surface area contributed by atoms with Gasteiger partial charge in [0.1, 0.15) is 5.75 Å². The summed E-state index contributed by atoms with van der Waals surface area (Å²) < 4.78 is 6.07. The molecular formula is C11H14INO2. The van der Waals surface area contributed by atoms with Crippen molar-refractivity contribution >= 4 is 34.2 Å². The molecule has 0 saturated carbocycles. The molecule has 1 rings (SSSR count). The normalized spacial score (nSPS) is 9.87. The molecule has 0 fully saturated rings. The number of amides is 1. The van der Waals surface area contributed by atoms with Gasteiger partial charge in [-0.3, -0.25) is 4.79 Å². The van der Waals surface area contributed by atoms with Crippen molar-refractivity contribution in [3.63, 3.8) is 0 Å². The van der Waals surface area contributed by atoms with Crippen molar-refractivity contribution in [2.45, 2.75) is 18.3 Å². The van der Waals surface area contributed by atoms with Crippen LogP contribution >= 0.6 is 22.6 Å². The fraction of sp³-hybridized carbons (Fsp3) is 0.364. The third-order valence-corrected chi connectivity index (χ3v) is 2.99. The fourth-order valence-corrected chi connectivity index (χ4v) is 2.07. The topological polar surface area (TPSA) is 38.3 Å². The average Bonchev–Trinajstić information content (AvgIpc) is 2.20. The average molecular weight is 319 g/mol. The lowest BCUT2D eigenvalue weighted by Gasteiger charge is -2.14. The standard InChI is InChI=1S/C11H14INO2/c1-7-10(15-3)5-4-9(6-12)11(7)13-8(2)14/h4-5H,6H2,1-3H3,(H,13,14). The summed E-state index contributed by atoms with van der Waals surface area (Å²) in [5.74, 6) is 0.741. The van der Waals surface area contributed by atoms with Crippen LogP contribution in [0.15, 0.2) is 12.1 Å². The Morgan fingerprint density at radius 3 is 2.67 bits per heavy atom. The van der Waals surface area contributed by atoms with E-state index >= 15 is 0 Å². The van der Waals surface area contributed by atoms with Gasteiger partial charge in [0.05, 0.1) is 12.8 Å². The van der Waals surface area contributed by atoms with Gasteiger partial charge in [-0.2, -0.15) is 0 Å². The molecule has 0 aliphatic rings. The van der Waals surface area contributed by atoms with Gasteiger partial charge in [0.15, 0.2) is 0 Å². The Labute approximate surface area is 103 Å². The number of nitrogens with one attached hydrogen (secondary N) is 1. The van der Waals surface area contributed by atoms with E-state index in [-0.39, 0.29) is 5.91 Å². The van der Waals surface area contributed by atoms with E-state index in [1.54, 1.807) is 7.11 Å². The molecule has 3 nitrogen and oxygen atoms in total. The van der Waals surface area contributed by atoms with Crippen LogP contribution in [0, 0.1) is 6.92 Å². The van der Waals surface area contributed by atoms with Gasteiger partial charge in [0.2, 0.25) is 5.91 Å². The van der Waals surface area contributed by atoms with E-state index in [0.29, 0.717) is 0 Å². The molecule has 4 heteroatoms. The highest BCUT2D eigenvalue weighted by atomic mass is 127. The molecule has 0 radical (unpaired) electrons. The summed E-state index contributed by atoms with van der Waals surface area (Å²) in [6.45, 7) is 3.45. The summed E-state index contributed by atoms with van der Waals surface area (Å²) in [5, 5.41) is 2.84. The van der Waals surface area contributed by atoms with E-state index in [1.807, 2.05) is 19.1 Å². The quantitative estimate of drug-likeness (QED) is 0.687. The Kier molecular flexibility index (Phi) is 4.38. The molecule has 1 amide bonds. The molecule has 15 heavy (non-hydrogen) atoms. The van der Waals surface area contributed by atoms with E-state index in [1.165, 1.54) is 6.92 Å². The number of hydrogen-bond donors (Lipinski definition) is 1. The molecule has 1 aromatic carbocycles. The fourth-order valence-electron chi connectivity index (χ4n) is 1.43. The zero-order chi connectivity index (χ0) is 11.4. The van der Waals surface area contributed by atoms with Gasteiger partial charge < -0.3 is 10.1 Å². The lowest BCUT2D eigenvalue weighted by molar-refractivity contribution is -0.114. The second-order valence-corrected chi connectivity index (χ2v) is 4.00. The smallest absolute Gasteiger partial charge is 0.221 e. The first-order chi connectivity index (χ1) is 7.10. The number of methoxy groups -OCH3 is 1. The summed E-state index contributed by atoms with van der Waals surface area (Å²) in [5.41, 5.74) is 2.96. The summed E-state index contributed by atoms with van der Waals surface area (Å²) in [6.07, 6.45) is 0. The Bertz CT molecular complexity index is 377. The molecule has 1 aromatic rings. The van der Waals surface area contributed by atoms with Crippen LogP contribution in [0.2, 0.25) is 0 Å². The maximum absolute atomic E-state index is 11.1. The molecule has 0 aromatic heterocycles. The highest BCUT2D eigenvalue weighted by Gasteiger charge is 2.10.